The van der Waals surface area contributed by atoms with Crippen molar-refractivity contribution in [2.45, 2.75) is 12.6 Å². The standard InChI is InChI=1S/C17H16ClF3N2O/c18-13-6-7-15(14(10-13)17(19,20)21)23-16(24)11-22-9-8-12-4-2-1-3-5-12/h1-7,10,22H,8-9,11H2,(H,23,24). The lowest BCUT2D eigenvalue weighted by Gasteiger charge is -2.14. The normalized spacial score (nSPS) is 11.3. The monoisotopic (exact) mass is 356 g/mol. The van der Waals surface area contributed by atoms with Crippen LogP contribution in [0.5, 0.6) is 0 Å². The first-order valence-electron chi connectivity index (χ1n) is 7.27. The van der Waals surface area contributed by atoms with Gasteiger partial charge in [-0.25, -0.2) is 0 Å². The number of carbonyl (C=O) groups is 1. The molecule has 0 aliphatic heterocycles. The zero-order valence-corrected chi connectivity index (χ0v) is 13.4. The van der Waals surface area contributed by atoms with Gasteiger partial charge in [0.1, 0.15) is 0 Å². The number of carbonyl (C=O) groups excluding carboxylic acids is 1. The Labute approximate surface area is 142 Å². The molecule has 0 bridgehead atoms. The molecule has 0 spiro atoms. The molecule has 2 rings (SSSR count). The zero-order chi connectivity index (χ0) is 17.6. The molecule has 0 saturated heterocycles. The maximum atomic E-state index is 12.9. The van der Waals surface area contributed by atoms with Crippen LogP contribution in [0.1, 0.15) is 11.1 Å². The summed E-state index contributed by atoms with van der Waals surface area (Å²) >= 11 is 5.59. The fourth-order valence-corrected chi connectivity index (χ4v) is 2.31. The van der Waals surface area contributed by atoms with Crippen LogP contribution >= 0.6 is 11.6 Å². The Hall–Kier alpha value is -2.05. The number of anilines is 1. The highest BCUT2D eigenvalue weighted by Crippen LogP contribution is 2.36. The number of alkyl halides is 3. The van der Waals surface area contributed by atoms with Crippen LogP contribution in [0.15, 0.2) is 48.5 Å². The Morgan fingerprint density at radius 3 is 2.46 bits per heavy atom. The number of amides is 1. The predicted octanol–water partition coefficient (Wildman–Crippen LogP) is 4.13. The van der Waals surface area contributed by atoms with E-state index in [9.17, 15) is 18.0 Å². The number of hydrogen-bond donors (Lipinski definition) is 2. The third-order valence-electron chi connectivity index (χ3n) is 3.28. The fraction of sp³-hybridized carbons (Fsp3) is 0.235. The summed E-state index contributed by atoms with van der Waals surface area (Å²) < 4.78 is 38.8. The van der Waals surface area contributed by atoms with Gasteiger partial charge in [-0.1, -0.05) is 41.9 Å². The molecule has 2 aromatic rings. The van der Waals surface area contributed by atoms with Crippen molar-refractivity contribution in [2.75, 3.05) is 18.4 Å². The van der Waals surface area contributed by atoms with Crippen molar-refractivity contribution in [2.24, 2.45) is 0 Å². The van der Waals surface area contributed by atoms with Gasteiger partial charge in [-0.15, -0.1) is 0 Å². The van der Waals surface area contributed by atoms with Crippen LogP contribution in [0.4, 0.5) is 18.9 Å². The maximum absolute atomic E-state index is 12.9. The molecule has 3 nitrogen and oxygen atoms in total. The highest BCUT2D eigenvalue weighted by Gasteiger charge is 2.34. The van der Waals surface area contributed by atoms with Gasteiger partial charge in [-0.3, -0.25) is 4.79 Å². The van der Waals surface area contributed by atoms with Gasteiger partial charge in [0.15, 0.2) is 0 Å². The van der Waals surface area contributed by atoms with Gasteiger partial charge in [-0.05, 0) is 36.7 Å². The largest absolute Gasteiger partial charge is 0.418 e. The van der Waals surface area contributed by atoms with Crippen molar-refractivity contribution in [3.63, 3.8) is 0 Å². The predicted molar refractivity (Wildman–Crippen MR) is 88.1 cm³/mol. The second-order valence-corrected chi connectivity index (χ2v) is 5.58. The molecule has 2 N–H and O–H groups in total. The lowest BCUT2D eigenvalue weighted by atomic mass is 10.1. The van der Waals surface area contributed by atoms with Crippen molar-refractivity contribution in [3.8, 4) is 0 Å². The summed E-state index contributed by atoms with van der Waals surface area (Å²) in [4.78, 5) is 11.8. The smallest absolute Gasteiger partial charge is 0.324 e. The minimum atomic E-state index is -4.59. The molecule has 0 fully saturated rings. The summed E-state index contributed by atoms with van der Waals surface area (Å²) in [5, 5.41) is 5.13. The van der Waals surface area contributed by atoms with E-state index in [2.05, 4.69) is 10.6 Å². The number of benzene rings is 2. The molecule has 0 unspecified atom stereocenters. The van der Waals surface area contributed by atoms with E-state index in [0.29, 0.717) is 6.54 Å². The number of hydrogen-bond acceptors (Lipinski definition) is 2. The molecule has 0 aromatic heterocycles. The molecule has 0 aliphatic rings. The van der Waals surface area contributed by atoms with Gasteiger partial charge < -0.3 is 10.6 Å². The summed E-state index contributed by atoms with van der Waals surface area (Å²) in [7, 11) is 0. The summed E-state index contributed by atoms with van der Waals surface area (Å²) in [5.74, 6) is -0.545. The molecule has 2 aromatic carbocycles. The average molecular weight is 357 g/mol. The Morgan fingerprint density at radius 2 is 1.79 bits per heavy atom. The van der Waals surface area contributed by atoms with Crippen LogP contribution in [0.25, 0.3) is 0 Å². The van der Waals surface area contributed by atoms with Gasteiger partial charge in [0.2, 0.25) is 5.91 Å². The minimum Gasteiger partial charge on any atom is -0.324 e. The van der Waals surface area contributed by atoms with Crippen LogP contribution in [-0.2, 0) is 17.4 Å². The molecule has 0 heterocycles. The molecular formula is C17H16ClF3N2O. The molecule has 7 heteroatoms. The Morgan fingerprint density at radius 1 is 1.08 bits per heavy atom. The van der Waals surface area contributed by atoms with Crippen molar-refractivity contribution < 1.29 is 18.0 Å². The van der Waals surface area contributed by atoms with Gasteiger partial charge in [0.25, 0.3) is 0 Å². The van der Waals surface area contributed by atoms with Gasteiger partial charge >= 0.3 is 6.18 Å². The van der Waals surface area contributed by atoms with E-state index in [4.69, 9.17) is 11.6 Å². The van der Waals surface area contributed by atoms with Gasteiger partial charge in [0.05, 0.1) is 17.8 Å². The molecule has 128 valence electrons. The highest BCUT2D eigenvalue weighted by atomic mass is 35.5. The third-order valence-corrected chi connectivity index (χ3v) is 3.52. The summed E-state index contributed by atoms with van der Waals surface area (Å²) in [5.41, 5.74) is -0.156. The van der Waals surface area contributed by atoms with Crippen molar-refractivity contribution >= 4 is 23.2 Å². The Kier molecular flexibility index (Phi) is 6.23. The van der Waals surface area contributed by atoms with E-state index in [1.54, 1.807) is 0 Å². The summed E-state index contributed by atoms with van der Waals surface area (Å²) in [6, 6.07) is 12.9. The van der Waals surface area contributed by atoms with E-state index < -0.39 is 17.6 Å². The van der Waals surface area contributed by atoms with E-state index in [0.717, 1.165) is 24.1 Å². The lowest BCUT2D eigenvalue weighted by molar-refractivity contribution is -0.137. The van der Waals surface area contributed by atoms with Crippen LogP contribution in [0.3, 0.4) is 0 Å². The minimum absolute atomic E-state index is 0.0405. The molecule has 24 heavy (non-hydrogen) atoms. The molecule has 1 amide bonds. The SMILES string of the molecule is O=C(CNCCc1ccccc1)Nc1ccc(Cl)cc1C(F)(F)F. The second kappa shape index (κ2) is 8.17. The molecule has 0 radical (unpaired) electrons. The number of rotatable bonds is 6. The topological polar surface area (TPSA) is 41.1 Å². The summed E-state index contributed by atoms with van der Waals surface area (Å²) in [6.45, 7) is 0.469. The van der Waals surface area contributed by atoms with Crippen molar-refractivity contribution in [1.29, 1.82) is 0 Å². The average Bonchev–Trinajstić information content (AvgIpc) is 2.53. The third kappa shape index (κ3) is 5.54. The first-order valence-corrected chi connectivity index (χ1v) is 7.65. The second-order valence-electron chi connectivity index (χ2n) is 5.15. The van der Waals surface area contributed by atoms with Crippen LogP contribution in [0.2, 0.25) is 5.02 Å². The Balaban J connectivity index is 1.86. The van der Waals surface area contributed by atoms with Crippen molar-refractivity contribution in [1.82, 2.24) is 5.32 Å². The van der Waals surface area contributed by atoms with E-state index in [1.807, 2.05) is 30.3 Å². The summed E-state index contributed by atoms with van der Waals surface area (Å²) in [6.07, 6.45) is -3.86. The quantitative estimate of drug-likeness (QED) is 0.764. The van der Waals surface area contributed by atoms with Crippen LogP contribution in [-0.4, -0.2) is 19.0 Å². The first kappa shape index (κ1) is 18.3. The van der Waals surface area contributed by atoms with Gasteiger partial charge in [0, 0.05) is 5.02 Å². The van der Waals surface area contributed by atoms with Crippen LogP contribution in [0, 0.1) is 0 Å². The molecule has 0 saturated carbocycles. The maximum Gasteiger partial charge on any atom is 0.418 e. The fourth-order valence-electron chi connectivity index (χ4n) is 2.13. The number of nitrogens with one attached hydrogen (secondary N) is 2. The molecule has 0 atom stereocenters. The Bertz CT molecular complexity index is 690. The zero-order valence-electron chi connectivity index (χ0n) is 12.7. The molecular weight excluding hydrogens is 341 g/mol. The highest BCUT2D eigenvalue weighted by molar-refractivity contribution is 6.30. The van der Waals surface area contributed by atoms with Gasteiger partial charge in [-0.2, -0.15) is 13.2 Å². The van der Waals surface area contributed by atoms with Crippen molar-refractivity contribution in [3.05, 3.63) is 64.7 Å². The number of halogens is 4. The lowest BCUT2D eigenvalue weighted by Crippen LogP contribution is -2.30. The first-order chi connectivity index (χ1) is 11.4. The van der Waals surface area contributed by atoms with E-state index in [-0.39, 0.29) is 17.3 Å². The van der Waals surface area contributed by atoms with E-state index in [1.165, 1.54) is 6.07 Å². The molecule has 0 aliphatic carbocycles. The van der Waals surface area contributed by atoms with Crippen LogP contribution < -0.4 is 10.6 Å². The van der Waals surface area contributed by atoms with E-state index >= 15 is 0 Å².